The molecule has 166 valence electrons. The normalized spacial score (nSPS) is 16.0. The maximum Gasteiger partial charge on any atom is 0.260 e. The summed E-state index contributed by atoms with van der Waals surface area (Å²) in [6.07, 6.45) is 5.37. The fourth-order valence-electron chi connectivity index (χ4n) is 3.85. The van der Waals surface area contributed by atoms with E-state index in [1.165, 1.54) is 0 Å². The molecule has 0 N–H and O–H groups in total. The minimum absolute atomic E-state index is 0.0273. The van der Waals surface area contributed by atoms with Gasteiger partial charge in [0.25, 0.3) is 5.91 Å². The molecule has 0 saturated carbocycles. The lowest BCUT2D eigenvalue weighted by molar-refractivity contribution is -0.134. The molecule has 1 aromatic carbocycles. The number of nitrogens with zero attached hydrogens (tertiary/aromatic N) is 5. The second-order valence-corrected chi connectivity index (χ2v) is 8.44. The average Bonchev–Trinajstić information content (AvgIpc) is 2.83. The zero-order valence-electron chi connectivity index (χ0n) is 18.2. The van der Waals surface area contributed by atoms with Crippen molar-refractivity contribution in [3.63, 3.8) is 0 Å². The van der Waals surface area contributed by atoms with Crippen LogP contribution in [0.3, 0.4) is 0 Å². The summed E-state index contributed by atoms with van der Waals surface area (Å²) in [6, 6.07) is 13.1. The monoisotopic (exact) mass is 451 g/mol. The Kier molecular flexibility index (Phi) is 6.85. The number of carbonyl (C=O) groups excluding carboxylic acids is 1. The molecule has 1 atom stereocenters. The molecule has 0 spiro atoms. The first-order valence-electron chi connectivity index (χ1n) is 10.6. The van der Waals surface area contributed by atoms with Gasteiger partial charge < -0.3 is 14.5 Å². The fourth-order valence-corrected chi connectivity index (χ4v) is 3.98. The molecule has 1 fully saturated rings. The molecule has 32 heavy (non-hydrogen) atoms. The zero-order chi connectivity index (χ0) is 22.5. The van der Waals surface area contributed by atoms with Crippen molar-refractivity contribution in [2.75, 3.05) is 38.7 Å². The quantitative estimate of drug-likeness (QED) is 0.563. The molecule has 1 saturated heterocycles. The third kappa shape index (κ3) is 5.16. The largest absolute Gasteiger partial charge is 0.468 e. The van der Waals surface area contributed by atoms with E-state index in [-0.39, 0.29) is 18.4 Å². The molecule has 7 nitrogen and oxygen atoms in total. The Balaban J connectivity index is 1.55. The molecule has 8 heteroatoms. The predicted octanol–water partition coefficient (Wildman–Crippen LogP) is 4.04. The summed E-state index contributed by atoms with van der Waals surface area (Å²) in [6.45, 7) is 1.28. The molecule has 3 heterocycles. The Morgan fingerprint density at radius 3 is 2.72 bits per heavy atom. The van der Waals surface area contributed by atoms with Crippen LogP contribution in [0.1, 0.15) is 24.5 Å². The van der Waals surface area contributed by atoms with Crippen LogP contribution in [0, 0.1) is 0 Å². The van der Waals surface area contributed by atoms with Gasteiger partial charge in [0.1, 0.15) is 0 Å². The number of carbonyl (C=O) groups is 1. The number of rotatable bonds is 6. The lowest BCUT2D eigenvalue weighted by atomic mass is 9.90. The number of amides is 1. The highest BCUT2D eigenvalue weighted by Crippen LogP contribution is 2.34. The van der Waals surface area contributed by atoms with Gasteiger partial charge in [-0.25, -0.2) is 15.0 Å². The number of hydrogen-bond acceptors (Lipinski definition) is 6. The Hall–Kier alpha value is -3.19. The molecule has 2 aromatic heterocycles. The highest BCUT2D eigenvalue weighted by molar-refractivity contribution is 6.30. The maximum atomic E-state index is 12.8. The highest BCUT2D eigenvalue weighted by Gasteiger charge is 2.28. The first-order valence-corrected chi connectivity index (χ1v) is 11.0. The van der Waals surface area contributed by atoms with Crippen molar-refractivity contribution in [2.24, 2.45) is 0 Å². The van der Waals surface area contributed by atoms with E-state index in [1.54, 1.807) is 12.3 Å². The third-order valence-electron chi connectivity index (χ3n) is 5.50. The number of likely N-dealkylation sites (tertiary alicyclic amines) is 1. The van der Waals surface area contributed by atoms with Crippen LogP contribution in [0.2, 0.25) is 5.02 Å². The van der Waals surface area contributed by atoms with Crippen molar-refractivity contribution in [1.29, 1.82) is 0 Å². The van der Waals surface area contributed by atoms with Crippen LogP contribution in [0.5, 0.6) is 5.88 Å². The number of pyridine rings is 1. The number of piperidine rings is 1. The number of aromatic nitrogens is 3. The zero-order valence-corrected chi connectivity index (χ0v) is 19.0. The van der Waals surface area contributed by atoms with Crippen LogP contribution in [0.25, 0.3) is 11.1 Å². The van der Waals surface area contributed by atoms with E-state index in [0.29, 0.717) is 29.9 Å². The van der Waals surface area contributed by atoms with Crippen LogP contribution < -0.4 is 9.64 Å². The molecular formula is C24H26ClN5O2. The first kappa shape index (κ1) is 22.0. The molecule has 0 aliphatic carbocycles. The van der Waals surface area contributed by atoms with Gasteiger partial charge in [0, 0.05) is 62.1 Å². The van der Waals surface area contributed by atoms with E-state index in [0.717, 1.165) is 29.7 Å². The summed E-state index contributed by atoms with van der Waals surface area (Å²) >= 11 is 6.08. The van der Waals surface area contributed by atoms with Gasteiger partial charge in [-0.1, -0.05) is 29.8 Å². The van der Waals surface area contributed by atoms with Gasteiger partial charge in [0.15, 0.2) is 6.61 Å². The SMILES string of the molecule is CN(C)c1ncc(-c2ccc(Cl)cc2)c(C2CCCN(C(=O)COc3ccccn3)C2)n1. The van der Waals surface area contributed by atoms with Crippen LogP contribution >= 0.6 is 11.6 Å². The Labute approximate surface area is 193 Å². The number of anilines is 1. The van der Waals surface area contributed by atoms with Crippen molar-refractivity contribution >= 4 is 23.5 Å². The Morgan fingerprint density at radius 2 is 2.00 bits per heavy atom. The van der Waals surface area contributed by atoms with Crippen LogP contribution in [-0.4, -0.2) is 59.6 Å². The summed E-state index contributed by atoms with van der Waals surface area (Å²) in [5, 5.41) is 0.684. The summed E-state index contributed by atoms with van der Waals surface area (Å²) in [7, 11) is 3.85. The standard InChI is InChI=1S/C24H26ClN5O2/c1-29(2)24-27-14-20(17-8-10-19(25)11-9-17)23(28-24)18-6-5-13-30(15-18)22(31)16-32-21-7-3-4-12-26-21/h3-4,7-12,14,18H,5-6,13,15-16H2,1-2H3. The lowest BCUT2D eigenvalue weighted by Crippen LogP contribution is -2.42. The van der Waals surface area contributed by atoms with E-state index >= 15 is 0 Å². The van der Waals surface area contributed by atoms with Crippen molar-refractivity contribution in [2.45, 2.75) is 18.8 Å². The Morgan fingerprint density at radius 1 is 1.19 bits per heavy atom. The molecule has 1 unspecified atom stereocenters. The molecule has 0 bridgehead atoms. The molecule has 1 aliphatic rings. The minimum Gasteiger partial charge on any atom is -0.468 e. The van der Waals surface area contributed by atoms with Crippen LogP contribution in [0.15, 0.2) is 54.9 Å². The van der Waals surface area contributed by atoms with E-state index in [4.69, 9.17) is 21.3 Å². The summed E-state index contributed by atoms with van der Waals surface area (Å²) in [5.41, 5.74) is 2.93. The van der Waals surface area contributed by atoms with E-state index in [1.807, 2.05) is 66.5 Å². The van der Waals surface area contributed by atoms with E-state index < -0.39 is 0 Å². The number of halogens is 1. The molecule has 4 rings (SSSR count). The van der Waals surface area contributed by atoms with Crippen LogP contribution in [0.4, 0.5) is 5.95 Å². The second-order valence-electron chi connectivity index (χ2n) is 8.01. The van der Waals surface area contributed by atoms with Gasteiger partial charge in [0.2, 0.25) is 11.8 Å². The van der Waals surface area contributed by atoms with Gasteiger partial charge in [0.05, 0.1) is 5.69 Å². The topological polar surface area (TPSA) is 71.5 Å². The molecule has 0 radical (unpaired) electrons. The third-order valence-corrected chi connectivity index (χ3v) is 5.75. The van der Waals surface area contributed by atoms with Crippen molar-refractivity contribution < 1.29 is 9.53 Å². The van der Waals surface area contributed by atoms with E-state index in [9.17, 15) is 4.79 Å². The maximum absolute atomic E-state index is 12.8. The molecule has 1 amide bonds. The summed E-state index contributed by atoms with van der Waals surface area (Å²) < 4.78 is 5.57. The predicted molar refractivity (Wildman–Crippen MR) is 125 cm³/mol. The Bertz CT molecular complexity index is 1060. The summed E-state index contributed by atoms with van der Waals surface area (Å²) in [5.74, 6) is 1.16. The van der Waals surface area contributed by atoms with Crippen molar-refractivity contribution in [3.8, 4) is 17.0 Å². The van der Waals surface area contributed by atoms with Gasteiger partial charge in [-0.15, -0.1) is 0 Å². The fraction of sp³-hybridized carbons (Fsp3) is 0.333. The minimum atomic E-state index is -0.0460. The van der Waals surface area contributed by atoms with Gasteiger partial charge in [-0.3, -0.25) is 4.79 Å². The first-order chi connectivity index (χ1) is 15.5. The molecular weight excluding hydrogens is 426 g/mol. The number of hydrogen-bond donors (Lipinski definition) is 0. The molecule has 3 aromatic rings. The van der Waals surface area contributed by atoms with Gasteiger partial charge in [-0.05, 0) is 36.6 Å². The molecule has 1 aliphatic heterocycles. The summed E-state index contributed by atoms with van der Waals surface area (Å²) in [4.78, 5) is 30.1. The number of ether oxygens (including phenoxy) is 1. The van der Waals surface area contributed by atoms with Crippen LogP contribution in [-0.2, 0) is 4.79 Å². The highest BCUT2D eigenvalue weighted by atomic mass is 35.5. The average molecular weight is 452 g/mol. The lowest BCUT2D eigenvalue weighted by Gasteiger charge is -2.33. The van der Waals surface area contributed by atoms with Crippen molar-refractivity contribution in [1.82, 2.24) is 19.9 Å². The van der Waals surface area contributed by atoms with Crippen molar-refractivity contribution in [3.05, 3.63) is 65.6 Å². The second kappa shape index (κ2) is 9.96. The number of benzene rings is 1. The van der Waals surface area contributed by atoms with Gasteiger partial charge >= 0.3 is 0 Å². The smallest absolute Gasteiger partial charge is 0.260 e. The van der Waals surface area contributed by atoms with Gasteiger partial charge in [-0.2, -0.15) is 0 Å². The van der Waals surface area contributed by atoms with E-state index in [2.05, 4.69) is 9.97 Å².